The van der Waals surface area contributed by atoms with E-state index in [2.05, 4.69) is 26.4 Å². The predicted molar refractivity (Wildman–Crippen MR) is 107 cm³/mol. The first-order valence-electron chi connectivity index (χ1n) is 8.09. The Bertz CT molecular complexity index is 936. The van der Waals surface area contributed by atoms with Crippen LogP contribution in [-0.4, -0.2) is 21.2 Å². The zero-order valence-corrected chi connectivity index (χ0v) is 15.3. The Morgan fingerprint density at radius 2 is 1.81 bits per heavy atom. The lowest BCUT2D eigenvalue weighted by molar-refractivity contribution is 0.0939. The number of aromatic amines is 1. The highest BCUT2D eigenvalue weighted by atomic mass is 32.1. The van der Waals surface area contributed by atoms with Crippen molar-refractivity contribution >= 4 is 28.9 Å². The van der Waals surface area contributed by atoms with Crippen LogP contribution in [-0.2, 0) is 0 Å². The van der Waals surface area contributed by atoms with E-state index in [1.807, 2.05) is 62.4 Å². The van der Waals surface area contributed by atoms with Crippen LogP contribution in [0.2, 0.25) is 0 Å². The van der Waals surface area contributed by atoms with Crippen molar-refractivity contribution in [3.05, 3.63) is 71.4 Å². The molecule has 0 radical (unpaired) electrons. The Balaban J connectivity index is 1.58. The van der Waals surface area contributed by atoms with E-state index in [0.717, 1.165) is 22.4 Å². The molecule has 26 heavy (non-hydrogen) atoms. The van der Waals surface area contributed by atoms with Gasteiger partial charge in [0.2, 0.25) is 0 Å². The van der Waals surface area contributed by atoms with Crippen LogP contribution in [0.4, 0.5) is 5.69 Å². The Labute approximate surface area is 157 Å². The summed E-state index contributed by atoms with van der Waals surface area (Å²) in [7, 11) is 0. The Hall–Kier alpha value is -3.19. The first-order chi connectivity index (χ1) is 12.5. The second-order valence-electron chi connectivity index (χ2n) is 5.81. The summed E-state index contributed by atoms with van der Waals surface area (Å²) < 4.78 is 0. The van der Waals surface area contributed by atoms with E-state index in [9.17, 15) is 4.79 Å². The van der Waals surface area contributed by atoms with Gasteiger partial charge in [-0.3, -0.25) is 20.7 Å². The van der Waals surface area contributed by atoms with E-state index in [4.69, 9.17) is 12.2 Å². The molecule has 0 saturated heterocycles. The minimum atomic E-state index is -0.357. The number of aryl methyl sites for hydroxylation is 1. The van der Waals surface area contributed by atoms with Gasteiger partial charge in [-0.05, 0) is 49.3 Å². The zero-order chi connectivity index (χ0) is 18.5. The molecule has 0 aliphatic heterocycles. The summed E-state index contributed by atoms with van der Waals surface area (Å²) in [5.74, 6) is -0.357. The minimum Gasteiger partial charge on any atom is -0.331 e. The molecule has 7 heteroatoms. The maximum absolute atomic E-state index is 12.2. The van der Waals surface area contributed by atoms with Crippen LogP contribution in [0.5, 0.6) is 0 Å². The van der Waals surface area contributed by atoms with Gasteiger partial charge in [0.1, 0.15) is 5.69 Å². The molecule has 6 nitrogen and oxygen atoms in total. The van der Waals surface area contributed by atoms with E-state index < -0.39 is 0 Å². The van der Waals surface area contributed by atoms with E-state index in [1.165, 1.54) is 0 Å². The number of H-pyrrole nitrogens is 1. The van der Waals surface area contributed by atoms with Gasteiger partial charge < -0.3 is 5.32 Å². The van der Waals surface area contributed by atoms with Crippen molar-refractivity contribution in [2.45, 2.75) is 13.8 Å². The third-order valence-corrected chi connectivity index (χ3v) is 4.24. The Morgan fingerprint density at radius 3 is 2.58 bits per heavy atom. The largest absolute Gasteiger partial charge is 0.331 e. The maximum atomic E-state index is 12.2. The molecule has 3 rings (SSSR count). The lowest BCUT2D eigenvalue weighted by atomic mass is 10.1. The van der Waals surface area contributed by atoms with E-state index >= 15 is 0 Å². The number of nitrogens with one attached hydrogen (secondary N) is 4. The maximum Gasteiger partial charge on any atom is 0.287 e. The lowest BCUT2D eigenvalue weighted by Gasteiger charge is -2.13. The second kappa shape index (κ2) is 7.79. The molecule has 1 heterocycles. The van der Waals surface area contributed by atoms with Crippen molar-refractivity contribution < 1.29 is 4.79 Å². The summed E-state index contributed by atoms with van der Waals surface area (Å²) in [6.45, 7) is 4.04. The number of carbonyl (C=O) groups excluding carboxylic acids is 1. The molecule has 2 aromatic carbocycles. The van der Waals surface area contributed by atoms with Gasteiger partial charge in [-0.25, -0.2) is 0 Å². The number of aromatic nitrogens is 2. The van der Waals surface area contributed by atoms with Gasteiger partial charge in [-0.15, -0.1) is 0 Å². The number of hydrazine groups is 1. The van der Waals surface area contributed by atoms with Gasteiger partial charge in [-0.1, -0.05) is 42.5 Å². The highest BCUT2D eigenvalue weighted by Gasteiger charge is 2.11. The fourth-order valence-corrected chi connectivity index (χ4v) is 2.58. The minimum absolute atomic E-state index is 0.301. The molecule has 132 valence electrons. The van der Waals surface area contributed by atoms with Crippen LogP contribution < -0.4 is 16.2 Å². The second-order valence-corrected chi connectivity index (χ2v) is 6.22. The molecule has 0 unspecified atom stereocenters. The molecule has 4 N–H and O–H groups in total. The van der Waals surface area contributed by atoms with Gasteiger partial charge in [0, 0.05) is 11.3 Å². The van der Waals surface area contributed by atoms with Crippen molar-refractivity contribution in [3.8, 4) is 11.3 Å². The van der Waals surface area contributed by atoms with Crippen molar-refractivity contribution in [1.29, 1.82) is 0 Å². The summed E-state index contributed by atoms with van der Waals surface area (Å²) in [6, 6.07) is 17.2. The number of carbonyl (C=O) groups is 1. The third-order valence-electron chi connectivity index (χ3n) is 4.03. The molecule has 0 atom stereocenters. The summed E-state index contributed by atoms with van der Waals surface area (Å²) in [5.41, 5.74) is 10.4. The van der Waals surface area contributed by atoms with Gasteiger partial charge >= 0.3 is 0 Å². The van der Waals surface area contributed by atoms with E-state index in [1.54, 1.807) is 6.07 Å². The van der Waals surface area contributed by atoms with Crippen molar-refractivity contribution in [3.63, 3.8) is 0 Å². The van der Waals surface area contributed by atoms with Crippen LogP contribution in [0.3, 0.4) is 0 Å². The number of benzene rings is 2. The summed E-state index contributed by atoms with van der Waals surface area (Å²) >= 11 is 5.23. The van der Waals surface area contributed by atoms with Crippen LogP contribution in [0.25, 0.3) is 11.3 Å². The monoisotopic (exact) mass is 365 g/mol. The summed E-state index contributed by atoms with van der Waals surface area (Å²) in [4.78, 5) is 12.2. The van der Waals surface area contributed by atoms with Gasteiger partial charge in [-0.2, -0.15) is 5.10 Å². The molecule has 0 spiro atoms. The number of rotatable bonds is 3. The molecule has 1 aromatic heterocycles. The number of thiocarbonyl (C=S) groups is 1. The van der Waals surface area contributed by atoms with Crippen LogP contribution in [0.15, 0.2) is 54.6 Å². The van der Waals surface area contributed by atoms with Crippen molar-refractivity contribution in [2.24, 2.45) is 0 Å². The van der Waals surface area contributed by atoms with Crippen molar-refractivity contribution in [1.82, 2.24) is 21.0 Å². The number of amides is 1. The molecule has 0 aliphatic rings. The average molecular weight is 365 g/mol. The molecular weight excluding hydrogens is 346 g/mol. The van der Waals surface area contributed by atoms with E-state index in [-0.39, 0.29) is 5.91 Å². The molecule has 0 aliphatic carbocycles. The fourth-order valence-electron chi connectivity index (χ4n) is 2.42. The topological polar surface area (TPSA) is 81.8 Å². The molecule has 1 amide bonds. The Morgan fingerprint density at radius 1 is 1.04 bits per heavy atom. The number of hydrogen-bond donors (Lipinski definition) is 4. The number of anilines is 1. The number of nitrogens with zero attached hydrogens (tertiary/aromatic N) is 1. The molecule has 0 saturated carbocycles. The first kappa shape index (κ1) is 17.6. The molecular formula is C19H19N5OS. The SMILES string of the molecule is Cc1cccc(NC(=S)NNC(=O)c2cc(-c3ccccc3)n[nH]2)c1C. The predicted octanol–water partition coefficient (Wildman–Crippen LogP) is 3.32. The Kier molecular flexibility index (Phi) is 5.28. The molecule has 0 bridgehead atoms. The number of hydrogen-bond acceptors (Lipinski definition) is 3. The zero-order valence-electron chi connectivity index (χ0n) is 14.5. The van der Waals surface area contributed by atoms with Crippen molar-refractivity contribution in [2.75, 3.05) is 5.32 Å². The highest BCUT2D eigenvalue weighted by Crippen LogP contribution is 2.18. The average Bonchev–Trinajstić information content (AvgIpc) is 3.14. The molecule has 0 fully saturated rings. The van der Waals surface area contributed by atoms with Gasteiger partial charge in [0.15, 0.2) is 5.11 Å². The fraction of sp³-hybridized carbons (Fsp3) is 0.105. The van der Waals surface area contributed by atoms with Crippen LogP contribution in [0.1, 0.15) is 21.6 Å². The summed E-state index contributed by atoms with van der Waals surface area (Å²) in [5, 5.41) is 10.3. The quantitative estimate of drug-likeness (QED) is 0.423. The highest BCUT2D eigenvalue weighted by molar-refractivity contribution is 7.80. The van der Waals surface area contributed by atoms with Gasteiger partial charge in [0.25, 0.3) is 5.91 Å². The third kappa shape index (κ3) is 4.07. The lowest BCUT2D eigenvalue weighted by Crippen LogP contribution is -2.44. The van der Waals surface area contributed by atoms with E-state index in [0.29, 0.717) is 16.5 Å². The summed E-state index contributed by atoms with van der Waals surface area (Å²) in [6.07, 6.45) is 0. The van der Waals surface area contributed by atoms with Crippen LogP contribution >= 0.6 is 12.2 Å². The normalized spacial score (nSPS) is 10.2. The van der Waals surface area contributed by atoms with Crippen LogP contribution in [0, 0.1) is 13.8 Å². The smallest absolute Gasteiger partial charge is 0.287 e. The molecule has 3 aromatic rings. The first-order valence-corrected chi connectivity index (χ1v) is 8.50. The van der Waals surface area contributed by atoms with Gasteiger partial charge in [0.05, 0.1) is 5.69 Å². The standard InChI is InChI=1S/C19H19N5OS/c1-12-7-6-10-15(13(12)2)20-19(26)24-23-18(25)17-11-16(21-22-17)14-8-4-3-5-9-14/h3-11H,1-2H3,(H,21,22)(H,23,25)(H2,20,24,26).